The van der Waals surface area contributed by atoms with Gasteiger partial charge in [-0.1, -0.05) is 25.7 Å². The second kappa shape index (κ2) is 8.46. The molecule has 1 aliphatic carbocycles. The Balaban J connectivity index is 1.48. The second-order valence-electron chi connectivity index (χ2n) is 7.33. The Bertz CT molecular complexity index is 848. The van der Waals surface area contributed by atoms with Gasteiger partial charge in [-0.2, -0.15) is 0 Å². The predicted octanol–water partition coefficient (Wildman–Crippen LogP) is 3.75. The lowest BCUT2D eigenvalue weighted by atomic mass is 10.1. The predicted molar refractivity (Wildman–Crippen MR) is 106 cm³/mol. The van der Waals surface area contributed by atoms with Crippen molar-refractivity contribution in [3.05, 3.63) is 35.8 Å². The summed E-state index contributed by atoms with van der Waals surface area (Å²) >= 11 is 0. The van der Waals surface area contributed by atoms with Gasteiger partial charge in [-0.05, 0) is 31.9 Å². The van der Waals surface area contributed by atoms with Crippen molar-refractivity contribution in [1.82, 2.24) is 15.3 Å². The van der Waals surface area contributed by atoms with E-state index in [9.17, 15) is 4.79 Å². The van der Waals surface area contributed by atoms with E-state index >= 15 is 0 Å². The highest BCUT2D eigenvalue weighted by molar-refractivity contribution is 5.93. The minimum absolute atomic E-state index is 0.136. The van der Waals surface area contributed by atoms with Gasteiger partial charge >= 0.3 is 0 Å². The molecule has 7 nitrogen and oxygen atoms in total. The Kier molecular flexibility index (Phi) is 5.60. The molecule has 2 aliphatic rings. The van der Waals surface area contributed by atoms with Crippen LogP contribution in [0, 0.1) is 6.92 Å². The van der Waals surface area contributed by atoms with Gasteiger partial charge in [-0.3, -0.25) is 4.79 Å². The maximum absolute atomic E-state index is 12.7. The number of benzene rings is 1. The summed E-state index contributed by atoms with van der Waals surface area (Å²) in [4.78, 5) is 21.4. The summed E-state index contributed by atoms with van der Waals surface area (Å²) in [5.41, 5.74) is 1.20. The number of anilines is 2. The van der Waals surface area contributed by atoms with Gasteiger partial charge in [0.25, 0.3) is 5.91 Å². The molecule has 28 heavy (non-hydrogen) atoms. The molecule has 4 rings (SSSR count). The summed E-state index contributed by atoms with van der Waals surface area (Å²) in [7, 11) is 0. The number of aryl methyl sites for hydroxylation is 1. The van der Waals surface area contributed by atoms with Gasteiger partial charge in [-0.15, -0.1) is 0 Å². The standard InChI is InChI=1S/C21H26N4O3/c1-14-22-17(21(26)25-15-6-4-2-3-5-7-15)13-20(23-14)24-16-8-9-18-19(12-16)28-11-10-27-18/h8-9,12-13,15H,2-7,10-11H2,1H3,(H,25,26)(H,22,23,24). The lowest BCUT2D eigenvalue weighted by molar-refractivity contribution is 0.0928. The summed E-state index contributed by atoms with van der Waals surface area (Å²) in [6.45, 7) is 2.89. The molecule has 0 unspecified atom stereocenters. The number of aromatic nitrogens is 2. The van der Waals surface area contributed by atoms with Crippen LogP contribution < -0.4 is 20.1 Å². The first kappa shape index (κ1) is 18.5. The Hall–Kier alpha value is -2.83. The first-order valence-corrected chi connectivity index (χ1v) is 10.0. The summed E-state index contributed by atoms with van der Waals surface area (Å²) in [5, 5.41) is 6.38. The van der Waals surface area contributed by atoms with Crippen molar-refractivity contribution < 1.29 is 14.3 Å². The Morgan fingerprint density at radius 2 is 1.75 bits per heavy atom. The van der Waals surface area contributed by atoms with Crippen LogP contribution in [0.1, 0.15) is 54.8 Å². The molecule has 1 aromatic carbocycles. The number of carbonyl (C=O) groups excluding carboxylic acids is 1. The number of amides is 1. The molecule has 0 radical (unpaired) electrons. The van der Waals surface area contributed by atoms with E-state index in [4.69, 9.17) is 9.47 Å². The summed E-state index contributed by atoms with van der Waals surface area (Å²) in [5.74, 6) is 2.43. The fraction of sp³-hybridized carbons (Fsp3) is 0.476. The highest BCUT2D eigenvalue weighted by Gasteiger charge is 2.18. The van der Waals surface area contributed by atoms with E-state index in [0.29, 0.717) is 36.3 Å². The topological polar surface area (TPSA) is 85.4 Å². The lowest BCUT2D eigenvalue weighted by Gasteiger charge is -2.19. The van der Waals surface area contributed by atoms with E-state index in [1.54, 1.807) is 13.0 Å². The average molecular weight is 382 g/mol. The molecule has 2 aromatic rings. The largest absolute Gasteiger partial charge is 0.486 e. The van der Waals surface area contributed by atoms with Crippen LogP contribution in [-0.4, -0.2) is 35.1 Å². The van der Waals surface area contributed by atoms with Crippen molar-refractivity contribution in [1.29, 1.82) is 0 Å². The zero-order valence-corrected chi connectivity index (χ0v) is 16.2. The second-order valence-corrected chi connectivity index (χ2v) is 7.33. The zero-order chi connectivity index (χ0) is 19.3. The van der Waals surface area contributed by atoms with Crippen LogP contribution in [0.5, 0.6) is 11.5 Å². The van der Waals surface area contributed by atoms with Crippen molar-refractivity contribution in [2.45, 2.75) is 51.5 Å². The van der Waals surface area contributed by atoms with Crippen molar-refractivity contribution in [3.63, 3.8) is 0 Å². The molecule has 0 saturated heterocycles. The fourth-order valence-electron chi connectivity index (χ4n) is 3.70. The highest BCUT2D eigenvalue weighted by Crippen LogP contribution is 2.33. The number of hydrogen-bond donors (Lipinski definition) is 2. The minimum atomic E-state index is -0.136. The quantitative estimate of drug-likeness (QED) is 0.784. The number of rotatable bonds is 4. The molecule has 0 bridgehead atoms. The number of hydrogen-bond acceptors (Lipinski definition) is 6. The molecular weight excluding hydrogens is 356 g/mol. The van der Waals surface area contributed by atoms with Crippen LogP contribution in [-0.2, 0) is 0 Å². The molecular formula is C21H26N4O3. The molecule has 7 heteroatoms. The third-order valence-corrected chi connectivity index (χ3v) is 5.08. The first-order chi connectivity index (χ1) is 13.7. The third-order valence-electron chi connectivity index (χ3n) is 5.08. The number of nitrogens with zero attached hydrogens (tertiary/aromatic N) is 2. The molecule has 0 spiro atoms. The number of fused-ring (bicyclic) bond motifs is 1. The van der Waals surface area contributed by atoms with Gasteiger partial charge in [-0.25, -0.2) is 9.97 Å². The molecule has 1 fully saturated rings. The summed E-state index contributed by atoms with van der Waals surface area (Å²) in [6, 6.07) is 7.56. The van der Waals surface area contributed by atoms with E-state index in [2.05, 4.69) is 20.6 Å². The van der Waals surface area contributed by atoms with Gasteiger partial charge in [0.05, 0.1) is 0 Å². The minimum Gasteiger partial charge on any atom is -0.486 e. The van der Waals surface area contributed by atoms with E-state index in [1.165, 1.54) is 25.7 Å². The normalized spacial score (nSPS) is 16.9. The van der Waals surface area contributed by atoms with E-state index in [0.717, 1.165) is 24.3 Å². The van der Waals surface area contributed by atoms with Crippen molar-refractivity contribution in [3.8, 4) is 11.5 Å². The van der Waals surface area contributed by atoms with E-state index in [1.807, 2.05) is 18.2 Å². The molecule has 2 N–H and O–H groups in total. The molecule has 2 heterocycles. The van der Waals surface area contributed by atoms with Crippen molar-refractivity contribution in [2.75, 3.05) is 18.5 Å². The van der Waals surface area contributed by atoms with Crippen LogP contribution in [0.25, 0.3) is 0 Å². The fourth-order valence-corrected chi connectivity index (χ4v) is 3.70. The lowest BCUT2D eigenvalue weighted by Crippen LogP contribution is -2.35. The number of ether oxygens (including phenoxy) is 2. The maximum Gasteiger partial charge on any atom is 0.270 e. The van der Waals surface area contributed by atoms with Crippen LogP contribution >= 0.6 is 0 Å². The van der Waals surface area contributed by atoms with Crippen molar-refractivity contribution in [2.24, 2.45) is 0 Å². The Labute approximate surface area is 164 Å². The van der Waals surface area contributed by atoms with E-state index < -0.39 is 0 Å². The SMILES string of the molecule is Cc1nc(Nc2ccc3c(c2)OCCO3)cc(C(=O)NC2CCCCCC2)n1. The van der Waals surface area contributed by atoms with Gasteiger partial charge in [0.15, 0.2) is 11.5 Å². The number of nitrogens with one attached hydrogen (secondary N) is 2. The molecule has 1 aliphatic heterocycles. The van der Waals surface area contributed by atoms with Crippen LogP contribution in [0.3, 0.4) is 0 Å². The van der Waals surface area contributed by atoms with Gasteiger partial charge < -0.3 is 20.1 Å². The van der Waals surface area contributed by atoms with E-state index in [-0.39, 0.29) is 11.9 Å². The Morgan fingerprint density at radius 3 is 2.54 bits per heavy atom. The van der Waals surface area contributed by atoms with Gasteiger partial charge in [0.1, 0.15) is 30.5 Å². The first-order valence-electron chi connectivity index (χ1n) is 10.0. The highest BCUT2D eigenvalue weighted by atomic mass is 16.6. The third kappa shape index (κ3) is 4.52. The van der Waals surface area contributed by atoms with Crippen LogP contribution in [0.15, 0.2) is 24.3 Å². The summed E-state index contributed by atoms with van der Waals surface area (Å²) < 4.78 is 11.2. The van der Waals surface area contributed by atoms with Crippen LogP contribution in [0.2, 0.25) is 0 Å². The van der Waals surface area contributed by atoms with Gasteiger partial charge in [0, 0.05) is 23.9 Å². The molecule has 0 atom stereocenters. The maximum atomic E-state index is 12.7. The van der Waals surface area contributed by atoms with Crippen LogP contribution in [0.4, 0.5) is 11.5 Å². The molecule has 148 valence electrons. The molecule has 1 saturated carbocycles. The summed E-state index contributed by atoms with van der Waals surface area (Å²) in [6.07, 6.45) is 6.93. The zero-order valence-electron chi connectivity index (χ0n) is 16.2. The van der Waals surface area contributed by atoms with Gasteiger partial charge in [0.2, 0.25) is 0 Å². The molecule has 1 aromatic heterocycles. The Morgan fingerprint density at radius 1 is 1.00 bits per heavy atom. The molecule has 1 amide bonds. The smallest absolute Gasteiger partial charge is 0.270 e. The average Bonchev–Trinajstić information content (AvgIpc) is 2.96. The van der Waals surface area contributed by atoms with Crippen molar-refractivity contribution >= 4 is 17.4 Å². The monoisotopic (exact) mass is 382 g/mol. The number of carbonyl (C=O) groups is 1.